The maximum atomic E-state index is 5.94. The van der Waals surface area contributed by atoms with E-state index in [1.165, 1.54) is 61.3 Å². The lowest BCUT2D eigenvalue weighted by atomic mass is 10.1. The average molecular weight is 505 g/mol. The predicted molar refractivity (Wildman–Crippen MR) is 139 cm³/mol. The molecule has 3 aromatic carbocycles. The highest BCUT2D eigenvalue weighted by atomic mass is 79.9. The highest BCUT2D eigenvalue weighted by Gasteiger charge is 1.99. The van der Waals surface area contributed by atoms with Crippen LogP contribution in [0.3, 0.4) is 0 Å². The van der Waals surface area contributed by atoms with Crippen LogP contribution in [0.4, 0.5) is 0 Å². The Morgan fingerprint density at radius 1 is 0.677 bits per heavy atom. The first-order valence-corrected chi connectivity index (χ1v) is 12.2. The van der Waals surface area contributed by atoms with Crippen LogP contribution in [0.25, 0.3) is 10.8 Å². The number of rotatable bonds is 14. The summed E-state index contributed by atoms with van der Waals surface area (Å²) in [7, 11) is 0. The number of hydrogen-bond donors (Lipinski definition) is 1. The Balaban J connectivity index is 0.00000341. The number of unbranched alkanes of at least 4 members (excludes halogenated alkanes) is 7. The van der Waals surface area contributed by atoms with Gasteiger partial charge in [-0.05, 0) is 60.0 Å². The minimum Gasteiger partial charge on any atom is -0.494 e. The van der Waals surface area contributed by atoms with Crippen LogP contribution >= 0.6 is 28.3 Å². The van der Waals surface area contributed by atoms with Gasteiger partial charge < -0.3 is 10.1 Å². The Morgan fingerprint density at radius 2 is 1.32 bits per heavy atom. The number of nitrogens with one attached hydrogen (secondary N) is 1. The monoisotopic (exact) mass is 503 g/mol. The summed E-state index contributed by atoms with van der Waals surface area (Å²) in [5.74, 6) is 0.977. The summed E-state index contributed by atoms with van der Waals surface area (Å²) in [6, 6.07) is 23.3. The van der Waals surface area contributed by atoms with Crippen LogP contribution in [0.2, 0.25) is 0 Å². The normalized spacial score (nSPS) is 10.7. The van der Waals surface area contributed by atoms with Crippen LogP contribution < -0.4 is 10.1 Å². The molecule has 0 heterocycles. The summed E-state index contributed by atoms with van der Waals surface area (Å²) >= 11 is 3.52. The van der Waals surface area contributed by atoms with E-state index >= 15 is 0 Å². The maximum Gasteiger partial charge on any atom is 0.119 e. The Kier molecular flexibility index (Phi) is 12.7. The fourth-order valence-corrected chi connectivity index (χ4v) is 4.09. The molecule has 0 spiro atoms. The summed E-state index contributed by atoms with van der Waals surface area (Å²) in [5.41, 5.74) is 1.37. The Bertz CT molecular complexity index is 871. The van der Waals surface area contributed by atoms with Gasteiger partial charge in [0.15, 0.2) is 0 Å². The predicted octanol–water partition coefficient (Wildman–Crippen LogP) is 8.31. The average Bonchev–Trinajstić information content (AvgIpc) is 2.77. The molecule has 0 saturated heterocycles. The molecule has 0 bridgehead atoms. The number of fused-ring (bicyclic) bond motifs is 1. The zero-order valence-corrected chi connectivity index (χ0v) is 20.7. The molecule has 0 saturated carbocycles. The van der Waals surface area contributed by atoms with Crippen molar-refractivity contribution in [3.05, 3.63) is 76.8 Å². The zero-order chi connectivity index (χ0) is 20.9. The molecule has 31 heavy (non-hydrogen) atoms. The van der Waals surface area contributed by atoms with Gasteiger partial charge in [-0.15, -0.1) is 12.4 Å². The molecule has 0 aliphatic carbocycles. The van der Waals surface area contributed by atoms with Crippen LogP contribution in [0.5, 0.6) is 5.75 Å². The molecule has 0 atom stereocenters. The quantitative estimate of drug-likeness (QED) is 0.223. The second kappa shape index (κ2) is 15.3. The molecule has 0 fully saturated rings. The molecule has 168 valence electrons. The molecule has 0 aliphatic heterocycles. The third-order valence-corrected chi connectivity index (χ3v) is 5.96. The number of ether oxygens (including phenoxy) is 1. The van der Waals surface area contributed by atoms with Crippen molar-refractivity contribution in [2.45, 2.75) is 57.9 Å². The van der Waals surface area contributed by atoms with E-state index in [2.05, 4.69) is 88.0 Å². The number of halogens is 2. The van der Waals surface area contributed by atoms with Gasteiger partial charge in [0.25, 0.3) is 0 Å². The standard InChI is InChI=1S/C27H34BrNO.ClH/c28-26-16-14-25-21-27(17-15-24(25)20-26)30-19-11-6-4-2-1-3-5-10-18-29-22-23-12-8-7-9-13-23;/h7-9,12-17,20-21,29H,1-6,10-11,18-19,22H2;1H. The molecule has 0 amide bonds. The van der Waals surface area contributed by atoms with Gasteiger partial charge in [-0.3, -0.25) is 0 Å². The van der Waals surface area contributed by atoms with E-state index < -0.39 is 0 Å². The van der Waals surface area contributed by atoms with Crippen molar-refractivity contribution < 1.29 is 4.74 Å². The lowest BCUT2D eigenvalue weighted by molar-refractivity contribution is 0.304. The Hall–Kier alpha value is -1.55. The molecule has 3 aromatic rings. The van der Waals surface area contributed by atoms with Crippen LogP contribution in [0.15, 0.2) is 71.2 Å². The van der Waals surface area contributed by atoms with Gasteiger partial charge in [0, 0.05) is 11.0 Å². The Morgan fingerprint density at radius 3 is 2.10 bits per heavy atom. The van der Waals surface area contributed by atoms with Gasteiger partial charge in [0.2, 0.25) is 0 Å². The molecular formula is C27H35BrClNO. The molecule has 2 nitrogen and oxygen atoms in total. The summed E-state index contributed by atoms with van der Waals surface area (Å²) in [4.78, 5) is 0. The summed E-state index contributed by atoms with van der Waals surface area (Å²) < 4.78 is 7.05. The largest absolute Gasteiger partial charge is 0.494 e. The lowest BCUT2D eigenvalue weighted by Gasteiger charge is -2.08. The first kappa shape index (κ1) is 25.7. The fraction of sp³-hybridized carbons (Fsp3) is 0.407. The van der Waals surface area contributed by atoms with Crippen molar-refractivity contribution >= 4 is 39.1 Å². The fourth-order valence-electron chi connectivity index (χ4n) is 3.72. The number of benzene rings is 3. The zero-order valence-electron chi connectivity index (χ0n) is 18.3. The molecule has 3 rings (SSSR count). The second-order valence-corrected chi connectivity index (χ2v) is 8.91. The van der Waals surface area contributed by atoms with Crippen LogP contribution in [0, 0.1) is 0 Å². The van der Waals surface area contributed by atoms with Gasteiger partial charge in [-0.1, -0.05) is 96.9 Å². The van der Waals surface area contributed by atoms with E-state index in [9.17, 15) is 0 Å². The van der Waals surface area contributed by atoms with Crippen molar-refractivity contribution in [3.63, 3.8) is 0 Å². The van der Waals surface area contributed by atoms with Gasteiger partial charge in [-0.25, -0.2) is 0 Å². The highest BCUT2D eigenvalue weighted by Crippen LogP contribution is 2.24. The third kappa shape index (κ3) is 10.1. The molecule has 0 aliphatic rings. The van der Waals surface area contributed by atoms with Gasteiger partial charge in [0.1, 0.15) is 5.75 Å². The first-order chi connectivity index (χ1) is 14.8. The Labute approximate surface area is 202 Å². The van der Waals surface area contributed by atoms with Crippen LogP contribution in [-0.4, -0.2) is 13.2 Å². The summed E-state index contributed by atoms with van der Waals surface area (Å²) in [6.45, 7) is 2.92. The molecule has 0 radical (unpaired) electrons. The maximum absolute atomic E-state index is 5.94. The van der Waals surface area contributed by atoms with Crippen molar-refractivity contribution in [3.8, 4) is 5.75 Å². The molecular weight excluding hydrogens is 470 g/mol. The summed E-state index contributed by atoms with van der Waals surface area (Å²) in [6.07, 6.45) is 10.4. The van der Waals surface area contributed by atoms with E-state index in [0.29, 0.717) is 0 Å². The first-order valence-electron chi connectivity index (χ1n) is 11.4. The van der Waals surface area contributed by atoms with E-state index in [-0.39, 0.29) is 12.4 Å². The van der Waals surface area contributed by atoms with E-state index in [1.54, 1.807) is 0 Å². The van der Waals surface area contributed by atoms with Crippen molar-refractivity contribution in [2.24, 2.45) is 0 Å². The van der Waals surface area contributed by atoms with Gasteiger partial charge in [-0.2, -0.15) is 0 Å². The van der Waals surface area contributed by atoms with Crippen molar-refractivity contribution in [1.29, 1.82) is 0 Å². The van der Waals surface area contributed by atoms with Crippen molar-refractivity contribution in [1.82, 2.24) is 5.32 Å². The second-order valence-electron chi connectivity index (χ2n) is 7.99. The lowest BCUT2D eigenvalue weighted by Crippen LogP contribution is -2.14. The van der Waals surface area contributed by atoms with Crippen LogP contribution in [0.1, 0.15) is 56.9 Å². The highest BCUT2D eigenvalue weighted by molar-refractivity contribution is 9.10. The minimum atomic E-state index is 0. The van der Waals surface area contributed by atoms with E-state index in [0.717, 1.165) is 36.3 Å². The van der Waals surface area contributed by atoms with E-state index in [1.807, 2.05) is 0 Å². The van der Waals surface area contributed by atoms with E-state index in [4.69, 9.17) is 4.74 Å². The topological polar surface area (TPSA) is 21.3 Å². The minimum absolute atomic E-state index is 0. The molecule has 1 N–H and O–H groups in total. The van der Waals surface area contributed by atoms with Crippen LogP contribution in [-0.2, 0) is 6.54 Å². The third-order valence-electron chi connectivity index (χ3n) is 5.46. The molecule has 4 heteroatoms. The number of hydrogen-bond acceptors (Lipinski definition) is 2. The van der Waals surface area contributed by atoms with Crippen molar-refractivity contribution in [2.75, 3.05) is 13.2 Å². The molecule has 0 unspecified atom stereocenters. The van der Waals surface area contributed by atoms with Gasteiger partial charge in [0.05, 0.1) is 6.61 Å². The molecule has 0 aromatic heterocycles. The SMILES string of the molecule is Brc1ccc2cc(OCCCCCCCCCCNCc3ccccc3)ccc2c1.Cl. The summed E-state index contributed by atoms with van der Waals surface area (Å²) in [5, 5.41) is 6.00. The van der Waals surface area contributed by atoms with Gasteiger partial charge >= 0.3 is 0 Å². The smallest absolute Gasteiger partial charge is 0.119 e.